The first-order chi connectivity index (χ1) is 16.6. The minimum atomic E-state index is -4.93. The van der Waals surface area contributed by atoms with Crippen molar-refractivity contribution < 1.29 is 31.1 Å². The molecule has 1 nitrogen and oxygen atoms in total. The van der Waals surface area contributed by atoms with Gasteiger partial charge in [0.25, 0.3) is 0 Å². The summed E-state index contributed by atoms with van der Waals surface area (Å²) in [4.78, 5) is 0. The molecule has 0 radical (unpaired) electrons. The summed E-state index contributed by atoms with van der Waals surface area (Å²) < 4.78 is 87.3. The van der Waals surface area contributed by atoms with Crippen LogP contribution in [0, 0.1) is 0 Å². The van der Waals surface area contributed by atoms with Crippen LogP contribution in [-0.4, -0.2) is 0 Å². The third-order valence-corrected chi connectivity index (χ3v) is 6.10. The van der Waals surface area contributed by atoms with Crippen LogP contribution in [-0.2, 0) is 23.7 Å². The van der Waals surface area contributed by atoms with Gasteiger partial charge in [0.1, 0.15) is 6.10 Å². The summed E-state index contributed by atoms with van der Waals surface area (Å²) in [6.45, 7) is 0.0113. The van der Waals surface area contributed by atoms with Crippen LogP contribution in [0.15, 0.2) is 91.0 Å². The Morgan fingerprint density at radius 3 is 1.83 bits per heavy atom. The molecule has 1 aliphatic heterocycles. The highest BCUT2D eigenvalue weighted by Gasteiger charge is 2.37. The second-order valence-electron chi connectivity index (χ2n) is 8.32. The van der Waals surface area contributed by atoms with Crippen LogP contribution in [0.1, 0.15) is 33.9 Å². The van der Waals surface area contributed by atoms with Crippen LogP contribution in [0.3, 0.4) is 0 Å². The maximum Gasteiger partial charge on any atom is 0.416 e. The second-order valence-corrected chi connectivity index (χ2v) is 8.32. The summed E-state index contributed by atoms with van der Waals surface area (Å²) in [5.74, 6) is 0. The zero-order valence-electron chi connectivity index (χ0n) is 18.1. The fourth-order valence-electron chi connectivity index (χ4n) is 4.51. The third kappa shape index (κ3) is 4.44. The molecule has 0 fully saturated rings. The standard InChI is InChI=1S/C28H18F6O/c29-27(30,31)19-13-18(14-20(15-19)28(32,33)34)21-11-6-12-23-22-9-4-5-10-24(22)26(35-16-25(21)23)17-7-2-1-3-8-17/h1-15,26H,16H2. The number of ether oxygens (including phenoxy) is 1. The van der Waals surface area contributed by atoms with E-state index in [4.69, 9.17) is 4.74 Å². The van der Waals surface area contributed by atoms with Gasteiger partial charge in [-0.3, -0.25) is 0 Å². The molecular weight excluding hydrogens is 466 g/mol. The molecule has 0 spiro atoms. The normalized spacial score (nSPS) is 15.8. The van der Waals surface area contributed by atoms with Crippen LogP contribution < -0.4 is 0 Å². The smallest absolute Gasteiger partial charge is 0.364 e. The lowest BCUT2D eigenvalue weighted by Gasteiger charge is -2.18. The highest BCUT2D eigenvalue weighted by atomic mass is 19.4. The Morgan fingerprint density at radius 2 is 1.17 bits per heavy atom. The summed E-state index contributed by atoms with van der Waals surface area (Å²) in [6.07, 6.45) is -10.3. The topological polar surface area (TPSA) is 9.23 Å². The fourth-order valence-corrected chi connectivity index (χ4v) is 4.51. The Labute approximate surface area is 197 Å². The van der Waals surface area contributed by atoms with Gasteiger partial charge in [0.2, 0.25) is 0 Å². The van der Waals surface area contributed by atoms with Crippen molar-refractivity contribution in [3.05, 3.63) is 119 Å². The summed E-state index contributed by atoms with van der Waals surface area (Å²) in [5.41, 5.74) is 1.23. The first-order valence-corrected chi connectivity index (χ1v) is 10.8. The molecule has 1 aliphatic rings. The van der Waals surface area contributed by atoms with Gasteiger partial charge in [0.05, 0.1) is 17.7 Å². The zero-order valence-corrected chi connectivity index (χ0v) is 18.1. The van der Waals surface area contributed by atoms with E-state index in [-0.39, 0.29) is 23.8 Å². The van der Waals surface area contributed by atoms with Crippen molar-refractivity contribution in [1.82, 2.24) is 0 Å². The fraction of sp³-hybridized carbons (Fsp3) is 0.143. The number of halogens is 6. The van der Waals surface area contributed by atoms with Gasteiger partial charge in [0, 0.05) is 0 Å². The van der Waals surface area contributed by atoms with E-state index in [1.807, 2.05) is 60.7 Å². The molecule has 0 N–H and O–H groups in total. The van der Waals surface area contributed by atoms with Crippen molar-refractivity contribution in [2.24, 2.45) is 0 Å². The van der Waals surface area contributed by atoms with E-state index in [0.29, 0.717) is 11.1 Å². The molecule has 5 rings (SSSR count). The first-order valence-electron chi connectivity index (χ1n) is 10.8. The zero-order chi connectivity index (χ0) is 24.8. The third-order valence-electron chi connectivity index (χ3n) is 6.10. The molecule has 0 bridgehead atoms. The van der Waals surface area contributed by atoms with E-state index in [2.05, 4.69) is 0 Å². The van der Waals surface area contributed by atoms with Crippen molar-refractivity contribution in [3.63, 3.8) is 0 Å². The summed E-state index contributed by atoms with van der Waals surface area (Å²) >= 11 is 0. The molecule has 4 aromatic rings. The number of hydrogen-bond donors (Lipinski definition) is 0. The van der Waals surface area contributed by atoms with Crippen LogP contribution in [0.5, 0.6) is 0 Å². The van der Waals surface area contributed by atoms with Gasteiger partial charge >= 0.3 is 12.4 Å². The lowest BCUT2D eigenvalue weighted by atomic mass is 9.88. The van der Waals surface area contributed by atoms with Crippen LogP contribution in [0.4, 0.5) is 26.3 Å². The maximum absolute atomic E-state index is 13.5. The molecule has 35 heavy (non-hydrogen) atoms. The SMILES string of the molecule is FC(F)(F)c1cc(-c2cccc3c2COC(c2ccccc2)c2ccccc2-3)cc(C(F)(F)F)c1. The summed E-state index contributed by atoms with van der Waals surface area (Å²) in [5, 5.41) is 0. The van der Waals surface area contributed by atoms with E-state index in [9.17, 15) is 26.3 Å². The van der Waals surface area contributed by atoms with Crippen LogP contribution in [0.25, 0.3) is 22.3 Å². The number of alkyl halides is 6. The predicted molar refractivity (Wildman–Crippen MR) is 120 cm³/mol. The van der Waals surface area contributed by atoms with E-state index in [0.717, 1.165) is 28.8 Å². The van der Waals surface area contributed by atoms with E-state index in [1.165, 1.54) is 6.07 Å². The van der Waals surface area contributed by atoms with Crippen LogP contribution >= 0.6 is 0 Å². The predicted octanol–water partition coefficient (Wildman–Crippen LogP) is 8.68. The number of rotatable bonds is 2. The summed E-state index contributed by atoms with van der Waals surface area (Å²) in [6, 6.07) is 23.6. The monoisotopic (exact) mass is 484 g/mol. The average molecular weight is 484 g/mol. The Kier molecular flexibility index (Phi) is 5.68. The molecule has 0 saturated carbocycles. The van der Waals surface area contributed by atoms with Gasteiger partial charge in [-0.25, -0.2) is 0 Å². The molecule has 0 aliphatic carbocycles. The lowest BCUT2D eigenvalue weighted by molar-refractivity contribution is -0.143. The molecule has 1 atom stereocenters. The van der Waals surface area contributed by atoms with Gasteiger partial charge in [-0.1, -0.05) is 72.8 Å². The van der Waals surface area contributed by atoms with E-state index >= 15 is 0 Å². The highest BCUT2D eigenvalue weighted by Crippen LogP contribution is 2.44. The number of hydrogen-bond acceptors (Lipinski definition) is 1. The van der Waals surface area contributed by atoms with Gasteiger partial charge in [-0.05, 0) is 57.1 Å². The lowest BCUT2D eigenvalue weighted by Crippen LogP contribution is -2.11. The largest absolute Gasteiger partial charge is 0.416 e. The van der Waals surface area contributed by atoms with Crippen molar-refractivity contribution in [1.29, 1.82) is 0 Å². The minimum absolute atomic E-state index is 0.0113. The number of fused-ring (bicyclic) bond motifs is 3. The van der Waals surface area contributed by atoms with Gasteiger partial charge in [-0.15, -0.1) is 0 Å². The van der Waals surface area contributed by atoms with Crippen molar-refractivity contribution in [2.45, 2.75) is 25.1 Å². The van der Waals surface area contributed by atoms with Crippen LogP contribution in [0.2, 0.25) is 0 Å². The van der Waals surface area contributed by atoms with Gasteiger partial charge in [0.15, 0.2) is 0 Å². The van der Waals surface area contributed by atoms with Gasteiger partial charge < -0.3 is 4.74 Å². The minimum Gasteiger partial charge on any atom is -0.364 e. The Hall–Kier alpha value is -3.58. The first kappa shape index (κ1) is 23.2. The molecule has 4 aromatic carbocycles. The maximum atomic E-state index is 13.5. The van der Waals surface area contributed by atoms with Crippen molar-refractivity contribution in [3.8, 4) is 22.3 Å². The van der Waals surface area contributed by atoms with E-state index in [1.54, 1.807) is 6.07 Å². The molecule has 7 heteroatoms. The van der Waals surface area contributed by atoms with Crippen molar-refractivity contribution in [2.75, 3.05) is 0 Å². The molecular formula is C28H18F6O. The Balaban J connectivity index is 1.71. The molecule has 1 heterocycles. The molecule has 0 aromatic heterocycles. The number of benzene rings is 4. The average Bonchev–Trinajstić information content (AvgIpc) is 3.00. The molecule has 0 saturated heterocycles. The van der Waals surface area contributed by atoms with Crippen molar-refractivity contribution >= 4 is 0 Å². The Bertz CT molecular complexity index is 1340. The molecule has 0 amide bonds. The second kappa shape index (κ2) is 8.57. The molecule has 1 unspecified atom stereocenters. The highest BCUT2D eigenvalue weighted by molar-refractivity contribution is 5.81. The quantitative estimate of drug-likeness (QED) is 0.259. The van der Waals surface area contributed by atoms with Gasteiger partial charge in [-0.2, -0.15) is 26.3 Å². The summed E-state index contributed by atoms with van der Waals surface area (Å²) in [7, 11) is 0. The Morgan fingerprint density at radius 1 is 0.600 bits per heavy atom. The molecule has 178 valence electrons. The van der Waals surface area contributed by atoms with E-state index < -0.39 is 29.6 Å².